The molecule has 1 rings (SSSR count). The summed E-state index contributed by atoms with van der Waals surface area (Å²) in [6, 6.07) is 4.00. The third-order valence-electron chi connectivity index (χ3n) is 2.92. The van der Waals surface area contributed by atoms with Crippen molar-refractivity contribution in [3.63, 3.8) is 0 Å². The van der Waals surface area contributed by atoms with E-state index in [1.165, 1.54) is 6.07 Å². The van der Waals surface area contributed by atoms with Crippen molar-refractivity contribution in [3.8, 4) is 0 Å². The fourth-order valence-corrected chi connectivity index (χ4v) is 1.74. The second-order valence-corrected chi connectivity index (χ2v) is 4.72. The van der Waals surface area contributed by atoms with E-state index in [4.69, 9.17) is 0 Å². The Balaban J connectivity index is 2.66. The van der Waals surface area contributed by atoms with Crippen molar-refractivity contribution in [2.24, 2.45) is 4.99 Å². The predicted octanol–water partition coefficient (Wildman–Crippen LogP) is 3.03. The first-order chi connectivity index (χ1) is 9.58. The molecular formula is C15H23F2N3. The lowest BCUT2D eigenvalue weighted by Gasteiger charge is -2.13. The van der Waals surface area contributed by atoms with Crippen molar-refractivity contribution in [1.29, 1.82) is 0 Å². The van der Waals surface area contributed by atoms with Crippen LogP contribution in [0.2, 0.25) is 0 Å². The lowest BCUT2D eigenvalue weighted by Crippen LogP contribution is -2.37. The summed E-state index contributed by atoms with van der Waals surface area (Å²) in [5.41, 5.74) is 0.749. The van der Waals surface area contributed by atoms with Gasteiger partial charge in [0, 0.05) is 25.6 Å². The van der Waals surface area contributed by atoms with Gasteiger partial charge in [0.1, 0.15) is 0 Å². The number of hydrogen-bond acceptors (Lipinski definition) is 1. The summed E-state index contributed by atoms with van der Waals surface area (Å²) in [6.45, 7) is 8.19. The van der Waals surface area contributed by atoms with E-state index in [2.05, 4.69) is 22.5 Å². The summed E-state index contributed by atoms with van der Waals surface area (Å²) in [7, 11) is 0. The van der Waals surface area contributed by atoms with Gasteiger partial charge in [-0.3, -0.25) is 4.99 Å². The summed E-state index contributed by atoms with van der Waals surface area (Å²) in [4.78, 5) is 4.46. The van der Waals surface area contributed by atoms with Crippen LogP contribution >= 0.6 is 0 Å². The smallest absolute Gasteiger partial charge is 0.191 e. The van der Waals surface area contributed by atoms with Gasteiger partial charge in [0.15, 0.2) is 17.6 Å². The number of aliphatic imine (C=N–C) groups is 1. The molecule has 0 aromatic heterocycles. The number of guanidine groups is 1. The largest absolute Gasteiger partial charge is 0.357 e. The Morgan fingerprint density at radius 3 is 2.55 bits per heavy atom. The van der Waals surface area contributed by atoms with E-state index in [0.717, 1.165) is 37.1 Å². The van der Waals surface area contributed by atoms with Gasteiger partial charge in [-0.25, -0.2) is 8.78 Å². The average Bonchev–Trinajstić information content (AvgIpc) is 2.44. The molecule has 0 spiro atoms. The molecule has 0 bridgehead atoms. The number of nitrogens with one attached hydrogen (secondary N) is 2. The van der Waals surface area contributed by atoms with Crippen molar-refractivity contribution in [1.82, 2.24) is 10.6 Å². The first-order valence-corrected chi connectivity index (χ1v) is 7.05. The van der Waals surface area contributed by atoms with E-state index >= 15 is 0 Å². The van der Waals surface area contributed by atoms with E-state index in [9.17, 15) is 8.78 Å². The van der Waals surface area contributed by atoms with Gasteiger partial charge in [-0.2, -0.15) is 0 Å². The molecule has 0 aliphatic carbocycles. The quantitative estimate of drug-likeness (QED) is 0.622. The minimum Gasteiger partial charge on any atom is -0.357 e. The fourth-order valence-electron chi connectivity index (χ4n) is 1.74. The number of halogens is 2. The van der Waals surface area contributed by atoms with E-state index in [1.807, 2.05) is 13.8 Å². The van der Waals surface area contributed by atoms with Crippen LogP contribution < -0.4 is 10.6 Å². The summed E-state index contributed by atoms with van der Waals surface area (Å²) in [5.74, 6) is -0.845. The zero-order chi connectivity index (χ0) is 15.0. The Labute approximate surface area is 119 Å². The van der Waals surface area contributed by atoms with E-state index < -0.39 is 11.6 Å². The van der Waals surface area contributed by atoms with Gasteiger partial charge in [0.2, 0.25) is 0 Å². The third-order valence-corrected chi connectivity index (χ3v) is 2.92. The molecule has 0 saturated carbocycles. The highest BCUT2D eigenvalue weighted by Crippen LogP contribution is 2.18. The molecule has 0 amide bonds. The van der Waals surface area contributed by atoms with Crippen LogP contribution in [0, 0.1) is 11.6 Å². The average molecular weight is 283 g/mol. The first kappa shape index (κ1) is 16.4. The minimum absolute atomic E-state index is 0.0298. The van der Waals surface area contributed by atoms with Crippen molar-refractivity contribution in [2.45, 2.75) is 33.1 Å². The normalized spacial score (nSPS) is 13.2. The Hall–Kier alpha value is -1.65. The van der Waals surface area contributed by atoms with Crippen LogP contribution in [-0.4, -0.2) is 25.6 Å². The molecule has 1 aromatic carbocycles. The van der Waals surface area contributed by atoms with Crippen LogP contribution in [0.1, 0.15) is 38.7 Å². The topological polar surface area (TPSA) is 36.4 Å². The summed E-state index contributed by atoms with van der Waals surface area (Å²) in [6.07, 6.45) is 1.02. The molecule has 2 N–H and O–H groups in total. The van der Waals surface area contributed by atoms with Gasteiger partial charge in [-0.15, -0.1) is 0 Å². The van der Waals surface area contributed by atoms with Gasteiger partial charge in [0.05, 0.1) is 0 Å². The predicted molar refractivity (Wildman–Crippen MR) is 79.0 cm³/mol. The summed E-state index contributed by atoms with van der Waals surface area (Å²) < 4.78 is 26.1. The van der Waals surface area contributed by atoms with Crippen LogP contribution in [0.25, 0.3) is 0 Å². The first-order valence-electron chi connectivity index (χ1n) is 7.05. The molecule has 3 nitrogen and oxygen atoms in total. The van der Waals surface area contributed by atoms with Crippen LogP contribution in [-0.2, 0) is 0 Å². The molecule has 1 atom stereocenters. The van der Waals surface area contributed by atoms with Gasteiger partial charge < -0.3 is 10.6 Å². The number of benzene rings is 1. The Morgan fingerprint density at radius 1 is 1.20 bits per heavy atom. The molecule has 0 fully saturated rings. The minimum atomic E-state index is -0.817. The molecule has 0 radical (unpaired) electrons. The highest BCUT2D eigenvalue weighted by molar-refractivity contribution is 5.79. The van der Waals surface area contributed by atoms with Crippen LogP contribution in [0.4, 0.5) is 8.78 Å². The highest BCUT2D eigenvalue weighted by atomic mass is 19.2. The summed E-state index contributed by atoms with van der Waals surface area (Å²) >= 11 is 0. The van der Waals surface area contributed by atoms with Gasteiger partial charge in [-0.05, 0) is 31.0 Å². The van der Waals surface area contributed by atoms with E-state index in [0.29, 0.717) is 6.54 Å². The molecular weight excluding hydrogens is 260 g/mol. The number of hydrogen-bond donors (Lipinski definition) is 2. The van der Waals surface area contributed by atoms with Crippen molar-refractivity contribution < 1.29 is 8.78 Å². The highest BCUT2D eigenvalue weighted by Gasteiger charge is 2.09. The second kappa shape index (κ2) is 8.51. The van der Waals surface area contributed by atoms with E-state index in [1.54, 1.807) is 6.07 Å². The van der Waals surface area contributed by atoms with Gasteiger partial charge in [0.25, 0.3) is 0 Å². The second-order valence-electron chi connectivity index (χ2n) is 4.72. The van der Waals surface area contributed by atoms with E-state index in [-0.39, 0.29) is 5.92 Å². The maximum atomic E-state index is 13.2. The van der Waals surface area contributed by atoms with Crippen LogP contribution in [0.5, 0.6) is 0 Å². The Kier molecular flexibility index (Phi) is 6.98. The fraction of sp³-hybridized carbons (Fsp3) is 0.533. The van der Waals surface area contributed by atoms with Gasteiger partial charge >= 0.3 is 0 Å². The molecule has 1 aromatic rings. The molecule has 112 valence electrons. The molecule has 0 aliphatic heterocycles. The SMILES string of the molecule is CCCNC(=NCC(C)c1ccc(F)c(F)c1)NCC. The van der Waals surface area contributed by atoms with Crippen molar-refractivity contribution in [3.05, 3.63) is 35.4 Å². The van der Waals surface area contributed by atoms with Gasteiger partial charge in [-0.1, -0.05) is 19.9 Å². The summed E-state index contributed by atoms with van der Waals surface area (Å²) in [5, 5.41) is 6.35. The van der Waals surface area contributed by atoms with Crippen LogP contribution in [0.15, 0.2) is 23.2 Å². The van der Waals surface area contributed by atoms with Crippen LogP contribution in [0.3, 0.4) is 0 Å². The molecule has 1 unspecified atom stereocenters. The molecule has 0 aliphatic rings. The Bertz CT molecular complexity index is 447. The number of rotatable bonds is 6. The zero-order valence-electron chi connectivity index (χ0n) is 12.3. The third kappa shape index (κ3) is 5.15. The monoisotopic (exact) mass is 283 g/mol. The molecule has 0 saturated heterocycles. The van der Waals surface area contributed by atoms with Crippen molar-refractivity contribution in [2.75, 3.05) is 19.6 Å². The molecule has 0 heterocycles. The molecule has 5 heteroatoms. The number of nitrogens with zero attached hydrogens (tertiary/aromatic N) is 1. The molecule has 20 heavy (non-hydrogen) atoms. The maximum Gasteiger partial charge on any atom is 0.191 e. The van der Waals surface area contributed by atoms with Crippen molar-refractivity contribution >= 4 is 5.96 Å². The lowest BCUT2D eigenvalue weighted by molar-refractivity contribution is 0.505. The lowest BCUT2D eigenvalue weighted by atomic mass is 10.0. The standard InChI is InChI=1S/C15H23F2N3/c1-4-8-19-15(18-5-2)20-10-11(3)12-6-7-13(16)14(17)9-12/h6-7,9,11H,4-5,8,10H2,1-3H3,(H2,18,19,20). The Morgan fingerprint density at radius 2 is 1.95 bits per heavy atom. The maximum absolute atomic E-state index is 13.2. The zero-order valence-corrected chi connectivity index (χ0v) is 12.3.